The number of rotatable bonds is 4. The minimum Gasteiger partial charge on any atom is -0.343 e. The Labute approximate surface area is 158 Å². The predicted molar refractivity (Wildman–Crippen MR) is 102 cm³/mol. The second-order valence-corrected chi connectivity index (χ2v) is 6.54. The van der Waals surface area contributed by atoms with Crippen molar-refractivity contribution in [3.8, 4) is 0 Å². The molecule has 0 radical (unpaired) electrons. The topological polar surface area (TPSA) is 69.7 Å². The van der Waals surface area contributed by atoms with Gasteiger partial charge in [0, 0.05) is 37.3 Å². The maximum absolute atomic E-state index is 12.6. The molecular formula is C21H23N3O3. The molecule has 27 heavy (non-hydrogen) atoms. The van der Waals surface area contributed by atoms with Crippen LogP contribution in [-0.4, -0.2) is 60.2 Å². The maximum atomic E-state index is 12.6. The van der Waals surface area contributed by atoms with Crippen LogP contribution >= 0.6 is 0 Å². The number of aryl methyl sites for hydroxylation is 1. The quantitative estimate of drug-likeness (QED) is 0.897. The average molecular weight is 365 g/mol. The zero-order valence-electron chi connectivity index (χ0n) is 15.4. The van der Waals surface area contributed by atoms with Gasteiger partial charge in [0.2, 0.25) is 5.91 Å². The summed E-state index contributed by atoms with van der Waals surface area (Å²) in [7, 11) is 0. The van der Waals surface area contributed by atoms with E-state index in [0.29, 0.717) is 37.3 Å². The van der Waals surface area contributed by atoms with Crippen molar-refractivity contribution in [1.29, 1.82) is 0 Å². The molecule has 6 nitrogen and oxygen atoms in total. The van der Waals surface area contributed by atoms with Crippen LogP contribution in [0.4, 0.5) is 0 Å². The maximum Gasteiger partial charge on any atom is 0.254 e. The molecule has 0 aromatic heterocycles. The van der Waals surface area contributed by atoms with E-state index >= 15 is 0 Å². The number of carbonyl (C=O) groups is 3. The number of hydrogen-bond donors (Lipinski definition) is 1. The van der Waals surface area contributed by atoms with Crippen LogP contribution in [0.5, 0.6) is 0 Å². The summed E-state index contributed by atoms with van der Waals surface area (Å²) in [6, 6.07) is 16.3. The Balaban J connectivity index is 1.49. The molecule has 1 fully saturated rings. The first kappa shape index (κ1) is 18.6. The van der Waals surface area contributed by atoms with E-state index in [1.165, 1.54) is 0 Å². The average Bonchev–Trinajstić information content (AvgIpc) is 2.72. The number of amides is 3. The molecular weight excluding hydrogens is 342 g/mol. The Morgan fingerprint density at radius 1 is 0.852 bits per heavy atom. The second-order valence-electron chi connectivity index (χ2n) is 6.54. The van der Waals surface area contributed by atoms with Crippen LogP contribution in [0.1, 0.15) is 26.3 Å². The van der Waals surface area contributed by atoms with E-state index in [1.807, 2.05) is 37.3 Å². The highest BCUT2D eigenvalue weighted by atomic mass is 16.2. The van der Waals surface area contributed by atoms with E-state index in [2.05, 4.69) is 5.32 Å². The van der Waals surface area contributed by atoms with Crippen LogP contribution in [0, 0.1) is 6.92 Å². The third-order valence-electron chi connectivity index (χ3n) is 4.73. The van der Waals surface area contributed by atoms with E-state index in [4.69, 9.17) is 0 Å². The molecule has 6 heteroatoms. The van der Waals surface area contributed by atoms with Gasteiger partial charge < -0.3 is 15.1 Å². The standard InChI is InChI=1S/C21H23N3O3/c1-16-7-5-6-10-18(16)21(27)24-13-11-23(12-14-24)19(25)15-22-20(26)17-8-3-2-4-9-17/h2-10H,11-15H2,1H3,(H,22,26). The van der Waals surface area contributed by atoms with E-state index in [9.17, 15) is 14.4 Å². The zero-order chi connectivity index (χ0) is 19.2. The fraction of sp³-hybridized carbons (Fsp3) is 0.286. The smallest absolute Gasteiger partial charge is 0.254 e. The first-order valence-corrected chi connectivity index (χ1v) is 9.02. The number of carbonyl (C=O) groups excluding carboxylic acids is 3. The van der Waals surface area contributed by atoms with Gasteiger partial charge in [-0.15, -0.1) is 0 Å². The highest BCUT2D eigenvalue weighted by molar-refractivity contribution is 5.97. The van der Waals surface area contributed by atoms with Gasteiger partial charge in [0.25, 0.3) is 11.8 Å². The van der Waals surface area contributed by atoms with Crippen LogP contribution in [0.15, 0.2) is 54.6 Å². The Morgan fingerprint density at radius 3 is 2.11 bits per heavy atom. The first-order chi connectivity index (χ1) is 13.1. The van der Waals surface area contributed by atoms with Crippen molar-refractivity contribution in [1.82, 2.24) is 15.1 Å². The lowest BCUT2D eigenvalue weighted by Crippen LogP contribution is -2.52. The molecule has 1 saturated heterocycles. The molecule has 0 atom stereocenters. The lowest BCUT2D eigenvalue weighted by molar-refractivity contribution is -0.131. The highest BCUT2D eigenvalue weighted by Crippen LogP contribution is 2.13. The van der Waals surface area contributed by atoms with Crippen molar-refractivity contribution < 1.29 is 14.4 Å². The molecule has 1 N–H and O–H groups in total. The van der Waals surface area contributed by atoms with Gasteiger partial charge in [-0.1, -0.05) is 36.4 Å². The minimum absolute atomic E-state index is 0.00224. The molecule has 2 aromatic rings. The molecule has 1 heterocycles. The Kier molecular flexibility index (Phi) is 5.86. The summed E-state index contributed by atoms with van der Waals surface area (Å²) in [6.07, 6.45) is 0. The van der Waals surface area contributed by atoms with E-state index in [-0.39, 0.29) is 24.3 Å². The van der Waals surface area contributed by atoms with E-state index < -0.39 is 0 Å². The van der Waals surface area contributed by atoms with Gasteiger partial charge in [0.05, 0.1) is 6.54 Å². The number of piperazine rings is 1. The number of nitrogens with zero attached hydrogens (tertiary/aromatic N) is 2. The summed E-state index contributed by atoms with van der Waals surface area (Å²) in [4.78, 5) is 40.5. The number of nitrogens with one attached hydrogen (secondary N) is 1. The summed E-state index contributed by atoms with van der Waals surface area (Å²) >= 11 is 0. The normalized spacial score (nSPS) is 14.0. The van der Waals surface area contributed by atoms with Gasteiger partial charge in [0.15, 0.2) is 0 Å². The van der Waals surface area contributed by atoms with Crippen LogP contribution in [0.25, 0.3) is 0 Å². The molecule has 0 aliphatic carbocycles. The van der Waals surface area contributed by atoms with Crippen LogP contribution in [0.3, 0.4) is 0 Å². The molecule has 0 saturated carbocycles. The fourth-order valence-electron chi connectivity index (χ4n) is 3.10. The minimum atomic E-state index is -0.266. The third kappa shape index (κ3) is 4.53. The van der Waals surface area contributed by atoms with Gasteiger partial charge >= 0.3 is 0 Å². The van der Waals surface area contributed by atoms with E-state index in [0.717, 1.165) is 5.56 Å². The van der Waals surface area contributed by atoms with Gasteiger partial charge in [-0.25, -0.2) is 0 Å². The van der Waals surface area contributed by atoms with E-state index in [1.54, 1.807) is 34.1 Å². The van der Waals surface area contributed by atoms with Crippen molar-refractivity contribution >= 4 is 17.7 Å². The van der Waals surface area contributed by atoms with Crippen molar-refractivity contribution in [2.24, 2.45) is 0 Å². The lowest BCUT2D eigenvalue weighted by atomic mass is 10.1. The van der Waals surface area contributed by atoms with Crippen molar-refractivity contribution in [2.45, 2.75) is 6.92 Å². The third-order valence-corrected chi connectivity index (χ3v) is 4.73. The zero-order valence-corrected chi connectivity index (χ0v) is 15.4. The van der Waals surface area contributed by atoms with Gasteiger partial charge in [0.1, 0.15) is 0 Å². The van der Waals surface area contributed by atoms with Gasteiger partial charge in [-0.3, -0.25) is 14.4 Å². The molecule has 0 spiro atoms. The molecule has 140 valence electrons. The Hall–Kier alpha value is -3.15. The van der Waals surface area contributed by atoms with Crippen LogP contribution in [-0.2, 0) is 4.79 Å². The lowest BCUT2D eigenvalue weighted by Gasteiger charge is -2.35. The monoisotopic (exact) mass is 365 g/mol. The van der Waals surface area contributed by atoms with Crippen molar-refractivity contribution in [3.63, 3.8) is 0 Å². The molecule has 1 aliphatic rings. The molecule has 3 amide bonds. The molecule has 0 bridgehead atoms. The molecule has 0 unspecified atom stereocenters. The van der Waals surface area contributed by atoms with Gasteiger partial charge in [-0.2, -0.15) is 0 Å². The summed E-state index contributed by atoms with van der Waals surface area (Å²) in [5.74, 6) is -0.405. The fourth-order valence-corrected chi connectivity index (χ4v) is 3.10. The summed E-state index contributed by atoms with van der Waals surface area (Å²) in [5, 5.41) is 2.65. The molecule has 2 aromatic carbocycles. The second kappa shape index (κ2) is 8.49. The van der Waals surface area contributed by atoms with Gasteiger partial charge in [-0.05, 0) is 30.7 Å². The largest absolute Gasteiger partial charge is 0.343 e. The highest BCUT2D eigenvalue weighted by Gasteiger charge is 2.25. The number of benzene rings is 2. The molecule has 3 rings (SSSR count). The first-order valence-electron chi connectivity index (χ1n) is 9.02. The summed E-state index contributed by atoms with van der Waals surface area (Å²) in [6.45, 7) is 3.80. The molecule has 1 aliphatic heterocycles. The summed E-state index contributed by atoms with van der Waals surface area (Å²) in [5.41, 5.74) is 2.18. The summed E-state index contributed by atoms with van der Waals surface area (Å²) < 4.78 is 0. The van der Waals surface area contributed by atoms with Crippen molar-refractivity contribution in [2.75, 3.05) is 32.7 Å². The van der Waals surface area contributed by atoms with Crippen LogP contribution < -0.4 is 5.32 Å². The SMILES string of the molecule is Cc1ccccc1C(=O)N1CCN(C(=O)CNC(=O)c2ccccc2)CC1. The van der Waals surface area contributed by atoms with Crippen LogP contribution in [0.2, 0.25) is 0 Å². The van der Waals surface area contributed by atoms with Crippen molar-refractivity contribution in [3.05, 3.63) is 71.3 Å². The Bertz CT molecular complexity index is 828. The predicted octanol–water partition coefficient (Wildman–Crippen LogP) is 1.71. The number of hydrogen-bond acceptors (Lipinski definition) is 3. The Morgan fingerprint density at radius 2 is 1.44 bits per heavy atom.